The van der Waals surface area contributed by atoms with Gasteiger partial charge < -0.3 is 11.1 Å². The van der Waals surface area contributed by atoms with E-state index in [1.807, 2.05) is 24.3 Å². The zero-order valence-electron chi connectivity index (χ0n) is 12.4. The van der Waals surface area contributed by atoms with Gasteiger partial charge in [-0.25, -0.2) is 4.39 Å². The smallest absolute Gasteiger partial charge is 0.257 e. The number of para-hydroxylation sites is 1. The van der Waals surface area contributed by atoms with Crippen molar-refractivity contribution in [3.05, 3.63) is 59.4 Å². The molecule has 21 heavy (non-hydrogen) atoms. The Morgan fingerprint density at radius 2 is 1.81 bits per heavy atom. The van der Waals surface area contributed by atoms with Crippen LogP contribution in [0.1, 0.15) is 36.7 Å². The van der Waals surface area contributed by atoms with Gasteiger partial charge in [-0.1, -0.05) is 39.0 Å². The monoisotopic (exact) mass is 286 g/mol. The summed E-state index contributed by atoms with van der Waals surface area (Å²) in [5.41, 5.74) is 7.73. The number of hydrogen-bond donors (Lipinski definition) is 2. The summed E-state index contributed by atoms with van der Waals surface area (Å²) in [4.78, 5) is 12.3. The number of amides is 1. The number of rotatable bonds is 2. The first-order valence-corrected chi connectivity index (χ1v) is 6.75. The third-order valence-electron chi connectivity index (χ3n) is 3.24. The number of nitrogens with two attached hydrogens (primary N) is 1. The third-order valence-corrected chi connectivity index (χ3v) is 3.24. The molecule has 0 heterocycles. The van der Waals surface area contributed by atoms with Crippen molar-refractivity contribution in [1.29, 1.82) is 0 Å². The van der Waals surface area contributed by atoms with E-state index in [1.54, 1.807) is 0 Å². The highest BCUT2D eigenvalue weighted by atomic mass is 19.1. The summed E-state index contributed by atoms with van der Waals surface area (Å²) in [6.07, 6.45) is 0. The molecule has 2 rings (SSSR count). The molecule has 0 saturated carbocycles. The molecule has 2 aromatic carbocycles. The number of nitrogens with one attached hydrogen (secondary N) is 1. The molecule has 1 amide bonds. The Hall–Kier alpha value is -2.36. The largest absolute Gasteiger partial charge is 0.398 e. The maximum atomic E-state index is 13.3. The van der Waals surface area contributed by atoms with Crippen molar-refractivity contribution >= 4 is 17.3 Å². The molecular formula is C17H19FN2O. The van der Waals surface area contributed by atoms with E-state index >= 15 is 0 Å². The third kappa shape index (κ3) is 3.40. The number of halogens is 1. The van der Waals surface area contributed by atoms with Gasteiger partial charge in [-0.05, 0) is 35.2 Å². The molecule has 0 spiro atoms. The Balaban J connectivity index is 2.35. The minimum absolute atomic E-state index is 0.114. The second-order valence-electron chi connectivity index (χ2n) is 5.98. The fraction of sp³-hybridized carbons (Fsp3) is 0.235. The van der Waals surface area contributed by atoms with E-state index in [4.69, 9.17) is 5.73 Å². The zero-order chi connectivity index (χ0) is 15.6. The lowest BCUT2D eigenvalue weighted by Gasteiger charge is -2.23. The minimum atomic E-state index is -0.488. The van der Waals surface area contributed by atoms with Crippen LogP contribution in [-0.2, 0) is 5.41 Å². The number of anilines is 2. The fourth-order valence-corrected chi connectivity index (χ4v) is 2.16. The predicted molar refractivity (Wildman–Crippen MR) is 83.9 cm³/mol. The Bertz CT molecular complexity index is 675. The summed E-state index contributed by atoms with van der Waals surface area (Å²) in [5.74, 6) is -0.901. The van der Waals surface area contributed by atoms with Gasteiger partial charge in [0.1, 0.15) is 5.82 Å². The van der Waals surface area contributed by atoms with Crippen molar-refractivity contribution in [2.24, 2.45) is 0 Å². The van der Waals surface area contributed by atoms with Crippen molar-refractivity contribution in [2.45, 2.75) is 26.2 Å². The maximum absolute atomic E-state index is 13.3. The summed E-state index contributed by atoms with van der Waals surface area (Å²) < 4.78 is 13.3. The molecular weight excluding hydrogens is 267 g/mol. The minimum Gasteiger partial charge on any atom is -0.398 e. The van der Waals surface area contributed by atoms with Crippen LogP contribution in [0.5, 0.6) is 0 Å². The molecule has 2 aromatic rings. The van der Waals surface area contributed by atoms with Gasteiger partial charge in [0, 0.05) is 11.4 Å². The van der Waals surface area contributed by atoms with Gasteiger partial charge in [0.2, 0.25) is 0 Å². The quantitative estimate of drug-likeness (QED) is 0.821. The lowest BCUT2D eigenvalue weighted by Crippen LogP contribution is -2.19. The molecule has 4 heteroatoms. The highest BCUT2D eigenvalue weighted by molar-refractivity contribution is 6.08. The van der Waals surface area contributed by atoms with Crippen molar-refractivity contribution in [3.8, 4) is 0 Å². The summed E-state index contributed by atoms with van der Waals surface area (Å²) in [6, 6.07) is 11.3. The Labute approximate surface area is 124 Å². The van der Waals surface area contributed by atoms with Crippen molar-refractivity contribution in [3.63, 3.8) is 0 Å². The number of carbonyl (C=O) groups is 1. The van der Waals surface area contributed by atoms with Crippen LogP contribution in [-0.4, -0.2) is 5.91 Å². The van der Waals surface area contributed by atoms with Gasteiger partial charge in [-0.3, -0.25) is 4.79 Å². The van der Waals surface area contributed by atoms with Crippen molar-refractivity contribution < 1.29 is 9.18 Å². The van der Waals surface area contributed by atoms with E-state index in [9.17, 15) is 9.18 Å². The van der Waals surface area contributed by atoms with Gasteiger partial charge >= 0.3 is 0 Å². The predicted octanol–water partition coefficient (Wildman–Crippen LogP) is 3.96. The highest BCUT2D eigenvalue weighted by Crippen LogP contribution is 2.29. The molecule has 0 aliphatic carbocycles. The standard InChI is InChI=1S/C17H19FN2O/c1-17(2,3)13-6-4-5-7-15(13)20-16(21)12-10-11(18)8-9-14(12)19/h4-10H,19H2,1-3H3,(H,20,21). The van der Waals surface area contributed by atoms with Gasteiger partial charge in [0.05, 0.1) is 5.56 Å². The normalized spacial score (nSPS) is 11.2. The molecule has 0 aliphatic heterocycles. The summed E-state index contributed by atoms with van der Waals surface area (Å²) in [7, 11) is 0. The first-order valence-electron chi connectivity index (χ1n) is 6.75. The molecule has 110 valence electrons. The van der Waals surface area contributed by atoms with Crippen LogP contribution in [0.25, 0.3) is 0 Å². The summed E-state index contributed by atoms with van der Waals surface area (Å²) >= 11 is 0. The average molecular weight is 286 g/mol. The van der Waals surface area contributed by atoms with E-state index < -0.39 is 11.7 Å². The molecule has 3 nitrogen and oxygen atoms in total. The number of carbonyl (C=O) groups excluding carboxylic acids is 1. The van der Waals surface area contributed by atoms with Crippen molar-refractivity contribution in [2.75, 3.05) is 11.1 Å². The topological polar surface area (TPSA) is 55.1 Å². The molecule has 0 aliphatic rings. The second kappa shape index (κ2) is 5.56. The highest BCUT2D eigenvalue weighted by Gasteiger charge is 2.19. The Kier molecular flexibility index (Phi) is 3.98. The molecule has 0 unspecified atom stereocenters. The summed E-state index contributed by atoms with van der Waals surface area (Å²) in [6.45, 7) is 6.19. The molecule has 0 aromatic heterocycles. The molecule has 3 N–H and O–H groups in total. The summed E-state index contributed by atoms with van der Waals surface area (Å²) in [5, 5.41) is 2.82. The number of hydrogen-bond acceptors (Lipinski definition) is 2. The van der Waals surface area contributed by atoms with Gasteiger partial charge in [0.25, 0.3) is 5.91 Å². The van der Waals surface area contributed by atoms with Crippen LogP contribution in [0.4, 0.5) is 15.8 Å². The Morgan fingerprint density at radius 1 is 1.14 bits per heavy atom. The van der Waals surface area contributed by atoms with Crippen LogP contribution in [0.3, 0.4) is 0 Å². The molecule has 0 saturated heterocycles. The fourth-order valence-electron chi connectivity index (χ4n) is 2.16. The maximum Gasteiger partial charge on any atom is 0.257 e. The van der Waals surface area contributed by atoms with E-state index in [2.05, 4.69) is 26.1 Å². The van der Waals surface area contributed by atoms with E-state index in [1.165, 1.54) is 12.1 Å². The van der Waals surface area contributed by atoms with Crippen LogP contribution >= 0.6 is 0 Å². The number of nitrogen functional groups attached to an aromatic ring is 1. The Morgan fingerprint density at radius 3 is 2.48 bits per heavy atom. The van der Waals surface area contributed by atoms with Gasteiger partial charge in [-0.15, -0.1) is 0 Å². The van der Waals surface area contributed by atoms with Gasteiger partial charge in [-0.2, -0.15) is 0 Å². The molecule has 0 bridgehead atoms. The number of benzene rings is 2. The van der Waals surface area contributed by atoms with E-state index in [0.717, 1.165) is 11.6 Å². The lowest BCUT2D eigenvalue weighted by atomic mass is 9.86. The first-order chi connectivity index (χ1) is 9.79. The average Bonchev–Trinajstić information content (AvgIpc) is 2.41. The molecule has 0 atom stereocenters. The van der Waals surface area contributed by atoms with Crippen LogP contribution in [0.2, 0.25) is 0 Å². The van der Waals surface area contributed by atoms with Crippen LogP contribution in [0, 0.1) is 5.82 Å². The molecule has 0 fully saturated rings. The lowest BCUT2D eigenvalue weighted by molar-refractivity contribution is 0.102. The van der Waals surface area contributed by atoms with E-state index in [-0.39, 0.29) is 16.7 Å². The zero-order valence-corrected chi connectivity index (χ0v) is 12.4. The SMILES string of the molecule is CC(C)(C)c1ccccc1NC(=O)c1cc(F)ccc1N. The molecule has 0 radical (unpaired) electrons. The van der Waals surface area contributed by atoms with Gasteiger partial charge in [0.15, 0.2) is 0 Å². The van der Waals surface area contributed by atoms with E-state index in [0.29, 0.717) is 5.69 Å². The second-order valence-corrected chi connectivity index (χ2v) is 5.98. The van der Waals surface area contributed by atoms with Crippen LogP contribution < -0.4 is 11.1 Å². The first kappa shape index (κ1) is 15.0. The van der Waals surface area contributed by atoms with Crippen LogP contribution in [0.15, 0.2) is 42.5 Å². The van der Waals surface area contributed by atoms with Crippen molar-refractivity contribution in [1.82, 2.24) is 0 Å².